The van der Waals surface area contributed by atoms with Gasteiger partial charge in [-0.3, -0.25) is 9.89 Å². The Hall–Kier alpha value is -1.99. The van der Waals surface area contributed by atoms with Gasteiger partial charge in [-0.25, -0.2) is 0 Å². The van der Waals surface area contributed by atoms with Gasteiger partial charge in [0, 0.05) is 5.03 Å². The number of carboxylic acids is 1. The molecule has 0 saturated heterocycles. The molecule has 0 aliphatic heterocycles. The quantitative estimate of drug-likeness (QED) is 0.614. The molecule has 2 N–H and O–H groups in total. The number of furan rings is 1. The maximum absolute atomic E-state index is 10.5. The highest BCUT2D eigenvalue weighted by Gasteiger charge is 2.12. The molecule has 6 nitrogen and oxygen atoms in total. The van der Waals surface area contributed by atoms with Crippen LogP contribution in [0.1, 0.15) is 19.6 Å². The van der Waals surface area contributed by atoms with Crippen molar-refractivity contribution in [1.82, 2.24) is 15.2 Å². The largest absolute Gasteiger partial charge is 0.481 e. The van der Waals surface area contributed by atoms with Crippen molar-refractivity contribution in [1.29, 1.82) is 0 Å². The number of carboxylic acid groups (broad SMARTS) is 1. The molecule has 0 radical (unpaired) electrons. The number of nitrogens with zero attached hydrogens (tertiary/aromatic N) is 2. The summed E-state index contributed by atoms with van der Waals surface area (Å²) in [5.74, 6) is 0.674. The second-order valence-electron chi connectivity index (χ2n) is 4.42. The molecule has 2 aromatic rings. The molecule has 0 amide bonds. The molecule has 2 heterocycles. The van der Waals surface area contributed by atoms with E-state index in [9.17, 15) is 4.79 Å². The van der Waals surface area contributed by atoms with E-state index in [4.69, 9.17) is 21.1 Å². The maximum atomic E-state index is 10.5. The van der Waals surface area contributed by atoms with Crippen LogP contribution in [0.25, 0.3) is 17.2 Å². The highest BCUT2D eigenvalue weighted by Crippen LogP contribution is 2.25. The van der Waals surface area contributed by atoms with E-state index in [1.807, 2.05) is 19.1 Å². The van der Waals surface area contributed by atoms with Crippen LogP contribution in [-0.2, 0) is 4.79 Å². The van der Waals surface area contributed by atoms with Crippen LogP contribution in [0.3, 0.4) is 0 Å². The van der Waals surface area contributed by atoms with Gasteiger partial charge in [0.2, 0.25) is 5.16 Å². The molecule has 0 unspecified atom stereocenters. The van der Waals surface area contributed by atoms with E-state index in [1.165, 1.54) is 0 Å². The first-order valence-electron chi connectivity index (χ1n) is 6.34. The van der Waals surface area contributed by atoms with Crippen LogP contribution < -0.4 is 0 Å². The third kappa shape index (κ3) is 4.51. The van der Waals surface area contributed by atoms with Crippen LogP contribution in [0.15, 0.2) is 38.9 Å². The van der Waals surface area contributed by atoms with Gasteiger partial charge in [0.25, 0.3) is 0 Å². The fraction of sp³-hybridized carbons (Fsp3) is 0.214. The summed E-state index contributed by atoms with van der Waals surface area (Å²) in [6.07, 6.45) is 3.65. The lowest BCUT2D eigenvalue weighted by Gasteiger charge is -1.94. The predicted molar refractivity (Wildman–Crippen MR) is 85.7 cm³/mol. The molecular formula is C14H14ClN3O3S. The topological polar surface area (TPSA) is 92.0 Å². The van der Waals surface area contributed by atoms with Crippen molar-refractivity contribution in [3.63, 3.8) is 0 Å². The second-order valence-corrected chi connectivity index (χ2v) is 5.95. The number of hydrogen-bond donors (Lipinski definition) is 2. The van der Waals surface area contributed by atoms with E-state index in [0.29, 0.717) is 27.5 Å². The normalized spacial score (nSPS) is 12.7. The van der Waals surface area contributed by atoms with Crippen molar-refractivity contribution < 1.29 is 14.3 Å². The number of H-pyrrole nitrogens is 1. The molecule has 22 heavy (non-hydrogen) atoms. The number of rotatable bonds is 6. The number of thioether (sulfide) groups is 1. The average molecular weight is 340 g/mol. The number of allylic oxidation sites excluding steroid dienone is 4. The highest BCUT2D eigenvalue weighted by atomic mass is 35.5. The summed E-state index contributed by atoms with van der Waals surface area (Å²) in [5, 5.41) is 16.3. The second kappa shape index (κ2) is 7.33. The minimum atomic E-state index is -0.917. The van der Waals surface area contributed by atoms with Gasteiger partial charge in [0.05, 0.1) is 5.75 Å². The van der Waals surface area contributed by atoms with Crippen molar-refractivity contribution in [2.24, 2.45) is 0 Å². The molecule has 116 valence electrons. The monoisotopic (exact) mass is 339 g/mol. The Morgan fingerprint density at radius 1 is 1.45 bits per heavy atom. The zero-order valence-corrected chi connectivity index (χ0v) is 13.5. The summed E-state index contributed by atoms with van der Waals surface area (Å²) in [6.45, 7) is 3.71. The minimum absolute atomic E-state index is 0.0906. The van der Waals surface area contributed by atoms with Crippen LogP contribution in [-0.4, -0.2) is 32.0 Å². The molecule has 0 saturated carbocycles. The van der Waals surface area contributed by atoms with Gasteiger partial charge in [0.1, 0.15) is 5.76 Å². The van der Waals surface area contributed by atoms with Crippen LogP contribution in [0.5, 0.6) is 0 Å². The molecule has 0 bridgehead atoms. The van der Waals surface area contributed by atoms with Gasteiger partial charge < -0.3 is 9.52 Å². The number of carbonyl (C=O) groups is 1. The Labute approximate surface area is 136 Å². The first-order valence-corrected chi connectivity index (χ1v) is 7.70. The molecule has 0 aromatic carbocycles. The summed E-state index contributed by atoms with van der Waals surface area (Å²) in [4.78, 5) is 14.7. The third-order valence-corrected chi connectivity index (χ3v) is 3.54. The van der Waals surface area contributed by atoms with Gasteiger partial charge in [-0.05, 0) is 37.6 Å². The third-order valence-electron chi connectivity index (χ3n) is 2.58. The molecular weight excluding hydrogens is 326 g/mol. The first kappa shape index (κ1) is 16.4. The van der Waals surface area contributed by atoms with E-state index >= 15 is 0 Å². The molecule has 2 rings (SSSR count). The van der Waals surface area contributed by atoms with Crippen LogP contribution in [0.2, 0.25) is 0 Å². The summed E-state index contributed by atoms with van der Waals surface area (Å²) in [5.41, 5.74) is 0.922. The Bertz CT molecular complexity index is 729. The van der Waals surface area contributed by atoms with E-state index in [1.54, 1.807) is 19.1 Å². The maximum Gasteiger partial charge on any atom is 0.313 e. The Kier molecular flexibility index (Phi) is 5.46. The van der Waals surface area contributed by atoms with Crippen LogP contribution >= 0.6 is 23.4 Å². The Balaban J connectivity index is 2.13. The van der Waals surface area contributed by atoms with E-state index in [2.05, 4.69) is 15.2 Å². The van der Waals surface area contributed by atoms with Crippen molar-refractivity contribution in [2.75, 3.05) is 5.75 Å². The number of hydrogen-bond acceptors (Lipinski definition) is 5. The fourth-order valence-electron chi connectivity index (χ4n) is 1.55. The van der Waals surface area contributed by atoms with Gasteiger partial charge in [-0.2, -0.15) is 4.98 Å². The summed E-state index contributed by atoms with van der Waals surface area (Å²) < 4.78 is 5.70. The van der Waals surface area contributed by atoms with E-state index in [-0.39, 0.29) is 5.75 Å². The van der Waals surface area contributed by atoms with Crippen molar-refractivity contribution in [2.45, 2.75) is 19.0 Å². The SMILES string of the molecule is C/C(Cl)=C\C=C(/C)c1ccc(-c2nc(SCC(=O)O)n[nH]2)o1. The highest BCUT2D eigenvalue weighted by molar-refractivity contribution is 7.99. The summed E-state index contributed by atoms with van der Waals surface area (Å²) in [6, 6.07) is 3.60. The molecule has 0 fully saturated rings. The zero-order valence-electron chi connectivity index (χ0n) is 12.0. The van der Waals surface area contributed by atoms with Gasteiger partial charge in [0.15, 0.2) is 11.6 Å². The minimum Gasteiger partial charge on any atom is -0.481 e. The standard InChI is InChI=1S/C14H14ClN3O3S/c1-8(3-4-9(2)15)10-5-6-11(21-10)13-16-14(18-17-13)22-7-12(19)20/h3-6H,7H2,1-2H3,(H,19,20)(H,16,17,18)/b8-3+,9-4+. The summed E-state index contributed by atoms with van der Waals surface area (Å²) in [7, 11) is 0. The molecule has 0 spiro atoms. The Morgan fingerprint density at radius 2 is 2.23 bits per heavy atom. The lowest BCUT2D eigenvalue weighted by Crippen LogP contribution is -1.97. The van der Waals surface area contributed by atoms with Crippen molar-refractivity contribution in [3.05, 3.63) is 35.1 Å². The molecule has 8 heteroatoms. The number of halogens is 1. The molecule has 0 aliphatic carbocycles. The number of aromatic nitrogens is 3. The number of aliphatic carboxylic acids is 1. The van der Waals surface area contributed by atoms with Crippen LogP contribution in [0.4, 0.5) is 0 Å². The molecule has 2 aromatic heterocycles. The first-order chi connectivity index (χ1) is 10.5. The zero-order chi connectivity index (χ0) is 16.1. The van der Waals surface area contributed by atoms with E-state index in [0.717, 1.165) is 17.3 Å². The lowest BCUT2D eigenvalue weighted by atomic mass is 10.2. The van der Waals surface area contributed by atoms with Crippen molar-refractivity contribution >= 4 is 34.9 Å². The smallest absolute Gasteiger partial charge is 0.313 e. The predicted octanol–water partition coefficient (Wildman–Crippen LogP) is 3.79. The van der Waals surface area contributed by atoms with Gasteiger partial charge in [-0.15, -0.1) is 5.10 Å². The molecule has 0 atom stereocenters. The average Bonchev–Trinajstić information content (AvgIpc) is 3.10. The molecule has 0 aliphatic rings. The fourth-order valence-corrected chi connectivity index (χ4v) is 2.13. The van der Waals surface area contributed by atoms with Crippen LogP contribution in [0, 0.1) is 0 Å². The summed E-state index contributed by atoms with van der Waals surface area (Å²) >= 11 is 6.82. The Morgan fingerprint density at radius 3 is 2.91 bits per heavy atom. The lowest BCUT2D eigenvalue weighted by molar-refractivity contribution is -0.133. The van der Waals surface area contributed by atoms with Gasteiger partial charge >= 0.3 is 5.97 Å². The van der Waals surface area contributed by atoms with Gasteiger partial charge in [-0.1, -0.05) is 29.4 Å². The number of nitrogens with one attached hydrogen (secondary N) is 1. The number of aromatic amines is 1. The van der Waals surface area contributed by atoms with E-state index < -0.39 is 5.97 Å². The van der Waals surface area contributed by atoms with Crippen molar-refractivity contribution in [3.8, 4) is 11.6 Å².